The van der Waals surface area contributed by atoms with Crippen molar-refractivity contribution in [3.8, 4) is 0 Å². The van der Waals surface area contributed by atoms with Crippen LogP contribution in [0.2, 0.25) is 10.0 Å². The van der Waals surface area contributed by atoms with E-state index in [9.17, 15) is 4.79 Å². The van der Waals surface area contributed by atoms with Crippen LogP contribution in [0.15, 0.2) is 40.9 Å². The molecule has 0 aliphatic rings. The van der Waals surface area contributed by atoms with Crippen molar-refractivity contribution in [1.29, 1.82) is 0 Å². The van der Waals surface area contributed by atoms with E-state index >= 15 is 0 Å². The Hall–Kier alpha value is -1.23. The van der Waals surface area contributed by atoms with Gasteiger partial charge in [0.15, 0.2) is 0 Å². The molecule has 0 bridgehead atoms. The summed E-state index contributed by atoms with van der Waals surface area (Å²) in [7, 11) is 0. The summed E-state index contributed by atoms with van der Waals surface area (Å²) in [5, 5.41) is 3.68. The van der Waals surface area contributed by atoms with E-state index in [0.29, 0.717) is 31.5 Å². The third-order valence-corrected chi connectivity index (χ3v) is 3.98. The molecule has 2 aromatic rings. The van der Waals surface area contributed by atoms with Crippen LogP contribution in [0, 0.1) is 0 Å². The van der Waals surface area contributed by atoms with Crippen LogP contribution in [-0.2, 0) is 0 Å². The highest BCUT2D eigenvalue weighted by Crippen LogP contribution is 2.26. The van der Waals surface area contributed by atoms with Gasteiger partial charge in [-0.1, -0.05) is 23.2 Å². The molecule has 0 atom stereocenters. The molecule has 0 fully saturated rings. The first kappa shape index (κ1) is 14.2. The van der Waals surface area contributed by atoms with Gasteiger partial charge in [0.05, 0.1) is 15.7 Å². The van der Waals surface area contributed by atoms with E-state index in [2.05, 4.69) is 21.2 Å². The van der Waals surface area contributed by atoms with Crippen LogP contribution in [0.3, 0.4) is 0 Å². The Morgan fingerprint density at radius 2 is 1.84 bits per heavy atom. The highest BCUT2D eigenvalue weighted by molar-refractivity contribution is 9.10. The zero-order chi connectivity index (χ0) is 14.0. The van der Waals surface area contributed by atoms with E-state index < -0.39 is 0 Å². The predicted octanol–water partition coefficient (Wildman–Crippen LogP) is 4.59. The van der Waals surface area contributed by atoms with Crippen LogP contribution in [0.5, 0.6) is 0 Å². The van der Waals surface area contributed by atoms with Gasteiger partial charge >= 0.3 is 0 Å². The van der Waals surface area contributed by atoms with Gasteiger partial charge in [-0.05, 0) is 52.3 Å². The number of rotatable bonds is 2. The lowest BCUT2D eigenvalue weighted by atomic mass is 10.2. The Morgan fingerprint density at radius 1 is 1.11 bits per heavy atom. The fourth-order valence-electron chi connectivity index (χ4n) is 1.45. The van der Waals surface area contributed by atoms with Crippen molar-refractivity contribution >= 4 is 56.4 Å². The molecule has 3 nitrogen and oxygen atoms in total. The van der Waals surface area contributed by atoms with Gasteiger partial charge in [0.2, 0.25) is 0 Å². The zero-order valence-electron chi connectivity index (χ0n) is 9.58. The van der Waals surface area contributed by atoms with Crippen molar-refractivity contribution in [3.05, 3.63) is 56.5 Å². The average molecular weight is 360 g/mol. The van der Waals surface area contributed by atoms with Crippen LogP contribution >= 0.6 is 39.1 Å². The number of carbonyl (C=O) groups is 1. The lowest BCUT2D eigenvalue weighted by molar-refractivity contribution is 0.102. The molecule has 3 N–H and O–H groups in total. The molecule has 0 unspecified atom stereocenters. The van der Waals surface area contributed by atoms with Crippen LogP contribution in [0.25, 0.3) is 0 Å². The molecule has 98 valence electrons. The molecule has 0 spiro atoms. The van der Waals surface area contributed by atoms with E-state index in [-0.39, 0.29) is 5.91 Å². The monoisotopic (exact) mass is 358 g/mol. The summed E-state index contributed by atoms with van der Waals surface area (Å²) >= 11 is 15.1. The lowest BCUT2D eigenvalue weighted by Crippen LogP contribution is -2.12. The number of benzene rings is 2. The Bertz CT molecular complexity index is 647. The van der Waals surface area contributed by atoms with E-state index in [0.717, 1.165) is 0 Å². The molecule has 19 heavy (non-hydrogen) atoms. The second-order valence-corrected chi connectivity index (χ2v) is 5.49. The summed E-state index contributed by atoms with van der Waals surface area (Å²) < 4.78 is 0.710. The number of halogens is 3. The molecule has 0 saturated carbocycles. The Morgan fingerprint density at radius 3 is 2.47 bits per heavy atom. The molecule has 0 aromatic heterocycles. The molecule has 2 aromatic carbocycles. The van der Waals surface area contributed by atoms with Gasteiger partial charge in [0, 0.05) is 15.7 Å². The second-order valence-electron chi connectivity index (χ2n) is 3.82. The maximum atomic E-state index is 12.0. The maximum Gasteiger partial charge on any atom is 0.255 e. The van der Waals surface area contributed by atoms with Gasteiger partial charge in [-0.3, -0.25) is 4.79 Å². The van der Waals surface area contributed by atoms with Gasteiger partial charge < -0.3 is 11.1 Å². The second kappa shape index (κ2) is 5.82. The quantitative estimate of drug-likeness (QED) is 0.770. The molecule has 0 aliphatic heterocycles. The van der Waals surface area contributed by atoms with Gasteiger partial charge in [-0.15, -0.1) is 0 Å². The first-order valence-corrected chi connectivity index (χ1v) is 6.83. The van der Waals surface area contributed by atoms with Crippen LogP contribution in [-0.4, -0.2) is 5.91 Å². The number of hydrogen-bond acceptors (Lipinski definition) is 2. The van der Waals surface area contributed by atoms with E-state index in [1.807, 2.05) is 0 Å². The summed E-state index contributed by atoms with van der Waals surface area (Å²) in [6.45, 7) is 0. The van der Waals surface area contributed by atoms with Gasteiger partial charge in [0.25, 0.3) is 5.91 Å². The predicted molar refractivity (Wildman–Crippen MR) is 83.0 cm³/mol. The third-order valence-electron chi connectivity index (χ3n) is 2.44. The summed E-state index contributed by atoms with van der Waals surface area (Å²) in [4.78, 5) is 12.0. The van der Waals surface area contributed by atoms with Gasteiger partial charge in [-0.2, -0.15) is 0 Å². The van der Waals surface area contributed by atoms with Crippen molar-refractivity contribution in [2.75, 3.05) is 11.1 Å². The molecular formula is C13H9BrCl2N2O. The fourth-order valence-corrected chi connectivity index (χ4v) is 2.12. The summed E-state index contributed by atoms with van der Waals surface area (Å²) in [5.41, 5.74) is 7.10. The first-order chi connectivity index (χ1) is 8.97. The van der Waals surface area contributed by atoms with Crippen LogP contribution in [0.4, 0.5) is 11.4 Å². The number of anilines is 2. The minimum absolute atomic E-state index is 0.267. The molecular weight excluding hydrogens is 351 g/mol. The van der Waals surface area contributed by atoms with Gasteiger partial charge in [0.1, 0.15) is 0 Å². The van der Waals surface area contributed by atoms with Crippen molar-refractivity contribution in [2.45, 2.75) is 0 Å². The molecule has 1 amide bonds. The van der Waals surface area contributed by atoms with E-state index in [1.54, 1.807) is 30.3 Å². The SMILES string of the molecule is Nc1ccc(C(=O)Nc2ccc(Cl)c(Br)c2)cc1Cl. The van der Waals surface area contributed by atoms with Crippen LogP contribution in [0.1, 0.15) is 10.4 Å². The van der Waals surface area contributed by atoms with E-state index in [4.69, 9.17) is 28.9 Å². The zero-order valence-corrected chi connectivity index (χ0v) is 12.7. The lowest BCUT2D eigenvalue weighted by Gasteiger charge is -2.07. The van der Waals surface area contributed by atoms with Crippen LogP contribution < -0.4 is 11.1 Å². The minimum atomic E-state index is -0.267. The smallest absolute Gasteiger partial charge is 0.255 e. The minimum Gasteiger partial charge on any atom is -0.398 e. The third kappa shape index (κ3) is 3.41. The molecule has 2 rings (SSSR count). The topological polar surface area (TPSA) is 55.1 Å². The number of nitrogens with one attached hydrogen (secondary N) is 1. The van der Waals surface area contributed by atoms with Crippen molar-refractivity contribution in [1.82, 2.24) is 0 Å². The molecule has 0 radical (unpaired) electrons. The standard InChI is InChI=1S/C13H9BrCl2N2O/c14-9-6-8(2-3-10(9)15)18-13(19)7-1-4-12(17)11(16)5-7/h1-6H,17H2,(H,18,19). The number of hydrogen-bond donors (Lipinski definition) is 2. The number of amides is 1. The Balaban J connectivity index is 2.20. The highest BCUT2D eigenvalue weighted by atomic mass is 79.9. The normalized spacial score (nSPS) is 10.3. The van der Waals surface area contributed by atoms with Crippen molar-refractivity contribution in [2.24, 2.45) is 0 Å². The molecule has 0 heterocycles. The number of carbonyl (C=O) groups excluding carboxylic acids is 1. The summed E-state index contributed by atoms with van der Waals surface area (Å²) in [6.07, 6.45) is 0. The highest BCUT2D eigenvalue weighted by Gasteiger charge is 2.09. The summed E-state index contributed by atoms with van der Waals surface area (Å²) in [5.74, 6) is -0.267. The Kier molecular flexibility index (Phi) is 4.34. The number of nitrogen functional groups attached to an aromatic ring is 1. The molecule has 6 heteroatoms. The fraction of sp³-hybridized carbons (Fsp3) is 0. The maximum absolute atomic E-state index is 12.0. The summed E-state index contributed by atoms with van der Waals surface area (Å²) in [6, 6.07) is 9.86. The van der Waals surface area contributed by atoms with Gasteiger partial charge in [-0.25, -0.2) is 0 Å². The first-order valence-electron chi connectivity index (χ1n) is 5.29. The molecule has 0 aliphatic carbocycles. The van der Waals surface area contributed by atoms with Crippen molar-refractivity contribution < 1.29 is 4.79 Å². The average Bonchev–Trinajstić information content (AvgIpc) is 2.37. The van der Waals surface area contributed by atoms with Crippen molar-refractivity contribution in [3.63, 3.8) is 0 Å². The number of nitrogens with two attached hydrogens (primary N) is 1. The van der Waals surface area contributed by atoms with E-state index in [1.165, 1.54) is 6.07 Å². The largest absolute Gasteiger partial charge is 0.398 e. The molecule has 0 saturated heterocycles. The Labute approximate surface area is 128 Å².